The summed E-state index contributed by atoms with van der Waals surface area (Å²) in [5, 5.41) is 17.2. The summed E-state index contributed by atoms with van der Waals surface area (Å²) in [7, 11) is 0. The number of amides is 2. The van der Waals surface area contributed by atoms with Crippen molar-refractivity contribution in [1.29, 1.82) is 0 Å². The van der Waals surface area contributed by atoms with Crippen LogP contribution in [0.3, 0.4) is 0 Å². The zero-order chi connectivity index (χ0) is 17.7. The van der Waals surface area contributed by atoms with Crippen molar-refractivity contribution in [3.63, 3.8) is 0 Å². The maximum absolute atomic E-state index is 12.0. The number of carboxylic acid groups (broad SMARTS) is 2. The molecular formula is C13H19N3O7. The molecule has 0 spiro atoms. The number of carboxylic acids is 2. The van der Waals surface area contributed by atoms with Gasteiger partial charge in [-0.2, -0.15) is 0 Å². The molecule has 1 aliphatic heterocycles. The molecule has 23 heavy (non-hydrogen) atoms. The van der Waals surface area contributed by atoms with Crippen LogP contribution in [0.15, 0.2) is 0 Å². The van der Waals surface area contributed by atoms with Crippen molar-refractivity contribution in [3.8, 4) is 0 Å². The predicted molar refractivity (Wildman–Crippen MR) is 74.9 cm³/mol. The van der Waals surface area contributed by atoms with Gasteiger partial charge >= 0.3 is 11.9 Å². The van der Waals surface area contributed by atoms with Crippen LogP contribution in [0.1, 0.15) is 25.7 Å². The lowest BCUT2D eigenvalue weighted by atomic mass is 9.96. The molecule has 1 fully saturated rings. The van der Waals surface area contributed by atoms with E-state index in [1.54, 1.807) is 0 Å². The minimum Gasteiger partial charge on any atom is -0.481 e. The van der Waals surface area contributed by atoms with Crippen LogP contribution in [0.25, 0.3) is 0 Å². The highest BCUT2D eigenvalue weighted by Gasteiger charge is 2.40. The molecule has 1 unspecified atom stereocenters. The van der Waals surface area contributed by atoms with E-state index in [1.165, 1.54) is 0 Å². The molecule has 2 amide bonds. The molecule has 3 atom stereocenters. The number of ketones is 1. The Balaban J connectivity index is 2.65. The average Bonchev–Trinajstić information content (AvgIpc) is 2.84. The van der Waals surface area contributed by atoms with E-state index in [9.17, 15) is 24.0 Å². The van der Waals surface area contributed by atoms with Gasteiger partial charge < -0.3 is 21.7 Å². The molecule has 1 rings (SSSR count). The molecule has 1 saturated heterocycles. The zero-order valence-corrected chi connectivity index (χ0v) is 12.3. The number of nitrogens with two attached hydrogens (primary N) is 2. The van der Waals surface area contributed by atoms with Crippen molar-refractivity contribution in [2.75, 3.05) is 6.54 Å². The smallest absolute Gasteiger partial charge is 0.305 e. The monoisotopic (exact) mass is 329 g/mol. The fourth-order valence-corrected chi connectivity index (χ4v) is 2.31. The normalized spacial score (nSPS) is 20.2. The number of hydrogen-bond donors (Lipinski definition) is 4. The maximum atomic E-state index is 12.0. The lowest BCUT2D eigenvalue weighted by Crippen LogP contribution is -2.45. The highest BCUT2D eigenvalue weighted by molar-refractivity contribution is 6.03. The van der Waals surface area contributed by atoms with Crippen molar-refractivity contribution in [2.24, 2.45) is 17.4 Å². The van der Waals surface area contributed by atoms with E-state index in [-0.39, 0.29) is 25.8 Å². The molecule has 0 bridgehead atoms. The number of aliphatic carboxylic acids is 2. The molecule has 1 heterocycles. The van der Waals surface area contributed by atoms with Crippen molar-refractivity contribution >= 4 is 29.5 Å². The largest absolute Gasteiger partial charge is 0.481 e. The lowest BCUT2D eigenvalue weighted by Gasteiger charge is -2.19. The third-order valence-corrected chi connectivity index (χ3v) is 3.54. The highest BCUT2D eigenvalue weighted by atomic mass is 16.4. The molecule has 0 aromatic heterocycles. The summed E-state index contributed by atoms with van der Waals surface area (Å²) < 4.78 is 0. The van der Waals surface area contributed by atoms with Gasteiger partial charge in [-0.1, -0.05) is 0 Å². The third-order valence-electron chi connectivity index (χ3n) is 3.54. The van der Waals surface area contributed by atoms with Gasteiger partial charge in [-0.15, -0.1) is 0 Å². The van der Waals surface area contributed by atoms with Gasteiger partial charge in [0.15, 0.2) is 5.78 Å². The van der Waals surface area contributed by atoms with Crippen LogP contribution < -0.4 is 11.5 Å². The highest BCUT2D eigenvalue weighted by Crippen LogP contribution is 2.21. The zero-order valence-electron chi connectivity index (χ0n) is 12.3. The van der Waals surface area contributed by atoms with Crippen molar-refractivity contribution < 1.29 is 34.2 Å². The fourth-order valence-electron chi connectivity index (χ4n) is 2.31. The Morgan fingerprint density at radius 3 is 2.26 bits per heavy atom. The lowest BCUT2D eigenvalue weighted by molar-refractivity contribution is -0.143. The van der Waals surface area contributed by atoms with Crippen LogP contribution in [-0.2, 0) is 24.0 Å². The third kappa shape index (κ3) is 5.11. The summed E-state index contributed by atoms with van der Waals surface area (Å²) in [4.78, 5) is 57.7. The fraction of sp³-hybridized carbons (Fsp3) is 0.615. The number of Topliss-reactive ketones (excluding diaryl/α,β-unsaturated/α-hetero) is 1. The van der Waals surface area contributed by atoms with E-state index in [1.807, 2.05) is 0 Å². The van der Waals surface area contributed by atoms with Crippen LogP contribution in [-0.4, -0.2) is 63.3 Å². The van der Waals surface area contributed by atoms with Gasteiger partial charge in [-0.05, 0) is 6.42 Å². The first kappa shape index (κ1) is 18.7. The summed E-state index contributed by atoms with van der Waals surface area (Å²) in [6.07, 6.45) is -1.25. The van der Waals surface area contributed by atoms with Gasteiger partial charge in [0.1, 0.15) is 0 Å². The second-order valence-electron chi connectivity index (χ2n) is 5.39. The van der Waals surface area contributed by atoms with Gasteiger partial charge in [0.05, 0.1) is 18.5 Å². The minimum atomic E-state index is -1.25. The van der Waals surface area contributed by atoms with Crippen LogP contribution in [0.5, 0.6) is 0 Å². The average molecular weight is 329 g/mol. The maximum Gasteiger partial charge on any atom is 0.305 e. The van der Waals surface area contributed by atoms with E-state index >= 15 is 0 Å². The van der Waals surface area contributed by atoms with Crippen molar-refractivity contribution in [2.45, 2.75) is 37.8 Å². The number of likely N-dealkylation sites (tertiary alicyclic amines) is 1. The SMILES string of the molecule is N[C@@H](CC(=O)O)C(=O)C1CC(=O)N(C(=O)[C@@H](N)CCC(=O)O)C1. The topological polar surface area (TPSA) is 181 Å². The van der Waals surface area contributed by atoms with Crippen molar-refractivity contribution in [1.82, 2.24) is 4.90 Å². The Hall–Kier alpha value is -2.33. The van der Waals surface area contributed by atoms with Gasteiger partial charge in [-0.25, -0.2) is 0 Å². The molecule has 0 aliphatic carbocycles. The molecule has 10 heteroatoms. The Morgan fingerprint density at radius 2 is 1.74 bits per heavy atom. The molecule has 0 saturated carbocycles. The van der Waals surface area contributed by atoms with E-state index in [0.29, 0.717) is 0 Å². The number of nitrogens with zero attached hydrogens (tertiary/aromatic N) is 1. The van der Waals surface area contributed by atoms with E-state index in [4.69, 9.17) is 21.7 Å². The molecule has 0 radical (unpaired) electrons. The minimum absolute atomic E-state index is 0.130. The summed E-state index contributed by atoms with van der Waals surface area (Å²) in [5.74, 6) is -5.19. The van der Waals surface area contributed by atoms with Gasteiger partial charge in [-0.3, -0.25) is 28.9 Å². The summed E-state index contributed by atoms with van der Waals surface area (Å²) in [6.45, 7) is -0.218. The van der Waals surface area contributed by atoms with Crippen LogP contribution in [0.2, 0.25) is 0 Å². The molecule has 0 aromatic rings. The van der Waals surface area contributed by atoms with Crippen LogP contribution in [0, 0.1) is 5.92 Å². The first-order valence-corrected chi connectivity index (χ1v) is 6.96. The molecule has 6 N–H and O–H groups in total. The van der Waals surface area contributed by atoms with Gasteiger partial charge in [0.2, 0.25) is 11.8 Å². The molecular weight excluding hydrogens is 310 g/mol. The second kappa shape index (κ2) is 7.79. The summed E-state index contributed by atoms with van der Waals surface area (Å²) in [5.41, 5.74) is 11.0. The molecule has 128 valence electrons. The quantitative estimate of drug-likeness (QED) is 0.388. The number of carbonyl (C=O) groups is 5. The number of hydrogen-bond acceptors (Lipinski definition) is 7. The Labute approximate surface area is 131 Å². The van der Waals surface area contributed by atoms with Crippen LogP contribution in [0.4, 0.5) is 0 Å². The Kier molecular flexibility index (Phi) is 6.34. The van der Waals surface area contributed by atoms with Gasteiger partial charge in [0.25, 0.3) is 0 Å². The molecule has 10 nitrogen and oxygen atoms in total. The van der Waals surface area contributed by atoms with Crippen molar-refractivity contribution in [3.05, 3.63) is 0 Å². The number of imide groups is 1. The molecule has 0 aromatic carbocycles. The summed E-state index contributed by atoms with van der Waals surface area (Å²) in [6, 6.07) is -2.40. The van der Waals surface area contributed by atoms with E-state index in [2.05, 4.69) is 0 Å². The summed E-state index contributed by atoms with van der Waals surface area (Å²) >= 11 is 0. The first-order valence-electron chi connectivity index (χ1n) is 6.96. The molecule has 1 aliphatic rings. The Morgan fingerprint density at radius 1 is 1.13 bits per heavy atom. The number of carbonyl (C=O) groups excluding carboxylic acids is 3. The first-order chi connectivity index (χ1) is 10.6. The predicted octanol–water partition coefficient (Wildman–Crippen LogP) is -2.08. The second-order valence-corrected chi connectivity index (χ2v) is 5.39. The van der Waals surface area contributed by atoms with E-state index < -0.39 is 54.0 Å². The van der Waals surface area contributed by atoms with Crippen LogP contribution >= 0.6 is 0 Å². The number of rotatable bonds is 8. The standard InChI is InChI=1S/C13H19N3O7/c14-7(1-2-10(18)19)13(23)16-5-6(3-9(16)17)12(22)8(15)4-11(20)21/h6-8H,1-5,14-15H2,(H,18,19)(H,20,21)/t6?,7-,8-/m0/s1. The Bertz CT molecular complexity index is 534. The van der Waals surface area contributed by atoms with E-state index in [0.717, 1.165) is 4.90 Å². The van der Waals surface area contributed by atoms with Gasteiger partial charge in [0, 0.05) is 25.3 Å².